The molecule has 0 aliphatic carbocycles. The predicted octanol–water partition coefficient (Wildman–Crippen LogP) is -0.305. The Morgan fingerprint density at radius 1 is 1.82 bits per heavy atom. The summed E-state index contributed by atoms with van der Waals surface area (Å²) in [5.41, 5.74) is 0. The maximum absolute atomic E-state index is 10.5. The lowest BCUT2D eigenvalue weighted by molar-refractivity contribution is -0.143. The maximum Gasteiger partial charge on any atom is 0.307 e. The second-order valence-corrected chi connectivity index (χ2v) is 2.76. The second-order valence-electron chi connectivity index (χ2n) is 2.76. The van der Waals surface area contributed by atoms with Crippen LogP contribution in [0.2, 0.25) is 0 Å². The number of carboxylic acid groups (broad SMARTS) is 1. The van der Waals surface area contributed by atoms with Crippen LogP contribution in [0.25, 0.3) is 0 Å². The normalized spacial score (nSPS) is 27.9. The van der Waals surface area contributed by atoms with Gasteiger partial charge in [0.1, 0.15) is 0 Å². The van der Waals surface area contributed by atoms with Crippen LogP contribution >= 0.6 is 0 Å². The molecule has 2 N–H and O–H groups in total. The summed E-state index contributed by atoms with van der Waals surface area (Å²) >= 11 is 0. The zero-order valence-electron chi connectivity index (χ0n) is 6.54. The molecule has 64 valence electrons. The van der Waals surface area contributed by atoms with Gasteiger partial charge >= 0.3 is 5.97 Å². The molecule has 1 heterocycles. The molecule has 0 aromatic rings. The topological polar surface area (TPSA) is 58.6 Å². The molecule has 2 atom stereocenters. The van der Waals surface area contributed by atoms with E-state index in [0.717, 1.165) is 6.54 Å². The van der Waals surface area contributed by atoms with Crippen molar-refractivity contribution in [3.8, 4) is 0 Å². The van der Waals surface area contributed by atoms with Gasteiger partial charge < -0.3 is 15.2 Å². The standard InChI is InChI=1S/C7H13NO3/c1-5(7(9)10)6-4-11-3-2-8-6/h5-6,8H,2-4H2,1H3,(H,9,10). The van der Waals surface area contributed by atoms with Crippen LogP contribution in [0.1, 0.15) is 6.92 Å². The molecule has 0 saturated carbocycles. The molecular weight excluding hydrogens is 146 g/mol. The summed E-state index contributed by atoms with van der Waals surface area (Å²) in [5.74, 6) is -1.14. The molecule has 0 amide bonds. The molecule has 11 heavy (non-hydrogen) atoms. The number of carbonyl (C=O) groups is 1. The summed E-state index contributed by atoms with van der Waals surface area (Å²) in [4.78, 5) is 10.5. The summed E-state index contributed by atoms with van der Waals surface area (Å²) < 4.78 is 5.13. The Kier molecular flexibility index (Phi) is 2.84. The Labute approximate surface area is 65.5 Å². The van der Waals surface area contributed by atoms with E-state index in [4.69, 9.17) is 9.84 Å². The number of rotatable bonds is 2. The van der Waals surface area contributed by atoms with E-state index in [0.29, 0.717) is 13.2 Å². The van der Waals surface area contributed by atoms with Gasteiger partial charge in [-0.1, -0.05) is 6.92 Å². The van der Waals surface area contributed by atoms with Crippen molar-refractivity contribution in [3.05, 3.63) is 0 Å². The molecule has 0 bridgehead atoms. The Balaban J connectivity index is 2.38. The van der Waals surface area contributed by atoms with Crippen LogP contribution in [0.4, 0.5) is 0 Å². The molecule has 1 saturated heterocycles. The number of nitrogens with one attached hydrogen (secondary N) is 1. The highest BCUT2D eigenvalue weighted by molar-refractivity contribution is 5.70. The van der Waals surface area contributed by atoms with Crippen molar-refractivity contribution in [2.75, 3.05) is 19.8 Å². The van der Waals surface area contributed by atoms with Gasteiger partial charge in [-0.05, 0) is 0 Å². The molecule has 0 aromatic heterocycles. The molecule has 2 unspecified atom stereocenters. The van der Waals surface area contributed by atoms with Crippen molar-refractivity contribution in [1.82, 2.24) is 5.32 Å². The van der Waals surface area contributed by atoms with E-state index in [1.165, 1.54) is 0 Å². The molecule has 4 nitrogen and oxygen atoms in total. The minimum absolute atomic E-state index is 0.0266. The van der Waals surface area contributed by atoms with Crippen LogP contribution in [0.15, 0.2) is 0 Å². The SMILES string of the molecule is CC(C(=O)O)C1COCCN1. The average molecular weight is 159 g/mol. The highest BCUT2D eigenvalue weighted by Crippen LogP contribution is 2.06. The van der Waals surface area contributed by atoms with Gasteiger partial charge in [0, 0.05) is 12.6 Å². The fraction of sp³-hybridized carbons (Fsp3) is 0.857. The van der Waals surface area contributed by atoms with Crippen LogP contribution in [-0.2, 0) is 9.53 Å². The van der Waals surface area contributed by atoms with E-state index in [-0.39, 0.29) is 12.0 Å². The monoisotopic (exact) mass is 159 g/mol. The Hall–Kier alpha value is -0.610. The summed E-state index contributed by atoms with van der Waals surface area (Å²) in [6.07, 6.45) is 0. The second kappa shape index (κ2) is 3.69. The van der Waals surface area contributed by atoms with Crippen molar-refractivity contribution in [1.29, 1.82) is 0 Å². The van der Waals surface area contributed by atoms with Crippen molar-refractivity contribution in [2.45, 2.75) is 13.0 Å². The lowest BCUT2D eigenvalue weighted by Crippen LogP contribution is -2.47. The van der Waals surface area contributed by atoms with Crippen molar-refractivity contribution in [2.24, 2.45) is 5.92 Å². The van der Waals surface area contributed by atoms with Crippen LogP contribution in [0, 0.1) is 5.92 Å². The molecule has 1 fully saturated rings. The third-order valence-electron chi connectivity index (χ3n) is 1.94. The summed E-state index contributed by atoms with van der Waals surface area (Å²) in [7, 11) is 0. The molecule has 1 aliphatic heterocycles. The molecule has 1 aliphatic rings. The van der Waals surface area contributed by atoms with E-state index in [1.807, 2.05) is 0 Å². The predicted molar refractivity (Wildman–Crippen MR) is 39.4 cm³/mol. The average Bonchev–Trinajstić information content (AvgIpc) is 2.05. The Bertz CT molecular complexity index is 143. The molecule has 4 heteroatoms. The van der Waals surface area contributed by atoms with Gasteiger partial charge in [-0.3, -0.25) is 4.79 Å². The lowest BCUT2D eigenvalue weighted by Gasteiger charge is -2.26. The van der Waals surface area contributed by atoms with Crippen molar-refractivity contribution in [3.63, 3.8) is 0 Å². The Morgan fingerprint density at radius 2 is 2.55 bits per heavy atom. The fourth-order valence-electron chi connectivity index (χ4n) is 1.08. The molecule has 1 rings (SSSR count). The smallest absolute Gasteiger partial charge is 0.307 e. The van der Waals surface area contributed by atoms with Crippen molar-refractivity contribution < 1.29 is 14.6 Å². The minimum Gasteiger partial charge on any atom is -0.481 e. The highest BCUT2D eigenvalue weighted by Gasteiger charge is 2.24. The molecule has 0 aromatic carbocycles. The number of hydrogen-bond acceptors (Lipinski definition) is 3. The van der Waals surface area contributed by atoms with Crippen LogP contribution in [-0.4, -0.2) is 36.9 Å². The van der Waals surface area contributed by atoms with E-state index < -0.39 is 5.97 Å². The van der Waals surface area contributed by atoms with Crippen molar-refractivity contribution >= 4 is 5.97 Å². The van der Waals surface area contributed by atoms with Gasteiger partial charge in [-0.15, -0.1) is 0 Å². The van der Waals surface area contributed by atoms with Crippen LogP contribution < -0.4 is 5.32 Å². The fourth-order valence-corrected chi connectivity index (χ4v) is 1.08. The van der Waals surface area contributed by atoms with E-state index in [9.17, 15) is 4.79 Å². The number of hydrogen-bond donors (Lipinski definition) is 2. The largest absolute Gasteiger partial charge is 0.481 e. The molecule has 0 spiro atoms. The number of morpholine rings is 1. The molecular formula is C7H13NO3. The summed E-state index contributed by atoms with van der Waals surface area (Å²) in [6.45, 7) is 3.63. The van der Waals surface area contributed by atoms with Gasteiger partial charge in [-0.2, -0.15) is 0 Å². The highest BCUT2D eigenvalue weighted by atomic mass is 16.5. The first-order valence-corrected chi connectivity index (χ1v) is 3.75. The Morgan fingerprint density at radius 3 is 3.00 bits per heavy atom. The van der Waals surface area contributed by atoms with Gasteiger partial charge in [0.2, 0.25) is 0 Å². The zero-order chi connectivity index (χ0) is 8.27. The van der Waals surface area contributed by atoms with Crippen LogP contribution in [0.3, 0.4) is 0 Å². The quantitative estimate of drug-likeness (QED) is 0.580. The zero-order valence-corrected chi connectivity index (χ0v) is 6.54. The minimum atomic E-state index is -0.770. The first-order chi connectivity index (χ1) is 5.22. The third-order valence-corrected chi connectivity index (χ3v) is 1.94. The maximum atomic E-state index is 10.5. The molecule has 0 radical (unpaired) electrons. The first kappa shape index (κ1) is 8.49. The lowest BCUT2D eigenvalue weighted by atomic mass is 10.0. The van der Waals surface area contributed by atoms with E-state index in [2.05, 4.69) is 5.32 Å². The van der Waals surface area contributed by atoms with Gasteiger partial charge in [-0.25, -0.2) is 0 Å². The summed E-state index contributed by atoms with van der Waals surface area (Å²) in [6, 6.07) is -0.0266. The first-order valence-electron chi connectivity index (χ1n) is 3.75. The van der Waals surface area contributed by atoms with Gasteiger partial charge in [0.15, 0.2) is 0 Å². The number of ether oxygens (including phenoxy) is 1. The van der Waals surface area contributed by atoms with Gasteiger partial charge in [0.25, 0.3) is 0 Å². The summed E-state index contributed by atoms with van der Waals surface area (Å²) in [5, 5.41) is 11.7. The van der Waals surface area contributed by atoms with E-state index >= 15 is 0 Å². The van der Waals surface area contributed by atoms with E-state index in [1.54, 1.807) is 6.92 Å². The number of aliphatic carboxylic acids is 1. The number of carboxylic acids is 1. The third kappa shape index (κ3) is 2.17. The van der Waals surface area contributed by atoms with Gasteiger partial charge in [0.05, 0.1) is 19.1 Å². The van der Waals surface area contributed by atoms with Crippen LogP contribution in [0.5, 0.6) is 0 Å².